The zero-order valence-corrected chi connectivity index (χ0v) is 23.1. The van der Waals surface area contributed by atoms with Crippen LogP contribution in [0.2, 0.25) is 0 Å². The molecule has 0 saturated heterocycles. The number of nitrogens with zero attached hydrogens (tertiary/aromatic N) is 3. The molecule has 0 radical (unpaired) electrons. The summed E-state index contributed by atoms with van der Waals surface area (Å²) in [5, 5.41) is -0.292. The number of hydrogen-bond acceptors (Lipinski definition) is 8. The molecule has 0 aliphatic heterocycles. The summed E-state index contributed by atoms with van der Waals surface area (Å²) in [4.78, 5) is 25.6. The molecule has 11 heteroatoms. The van der Waals surface area contributed by atoms with E-state index < -0.39 is 21.7 Å². The molecule has 0 spiro atoms. The van der Waals surface area contributed by atoms with Gasteiger partial charge < -0.3 is 9.47 Å². The molecule has 4 aromatic rings. The highest BCUT2D eigenvalue weighted by Crippen LogP contribution is 2.28. The molecular weight excluding hydrogens is 535 g/mol. The van der Waals surface area contributed by atoms with Crippen LogP contribution >= 0.6 is 0 Å². The highest BCUT2D eigenvalue weighted by atomic mass is 32.2. The van der Waals surface area contributed by atoms with Crippen LogP contribution in [0.3, 0.4) is 0 Å². The summed E-state index contributed by atoms with van der Waals surface area (Å²) in [6, 6.07) is 15.2. The largest absolute Gasteiger partial charge is 0.493 e. The Morgan fingerprint density at radius 1 is 1.02 bits per heavy atom. The van der Waals surface area contributed by atoms with E-state index in [1.165, 1.54) is 36.4 Å². The maximum atomic E-state index is 14.4. The van der Waals surface area contributed by atoms with E-state index in [9.17, 15) is 17.6 Å². The van der Waals surface area contributed by atoms with E-state index in [0.717, 1.165) is 5.56 Å². The monoisotopic (exact) mass is 568 g/mol. The Morgan fingerprint density at radius 2 is 1.80 bits per heavy atom. The first-order chi connectivity index (χ1) is 19.1. The van der Waals surface area contributed by atoms with Crippen LogP contribution in [0.15, 0.2) is 78.1 Å². The first-order valence-electron chi connectivity index (χ1n) is 12.6. The third-order valence-electron chi connectivity index (χ3n) is 5.60. The molecule has 3 aromatic heterocycles. The van der Waals surface area contributed by atoms with Crippen molar-refractivity contribution in [3.63, 3.8) is 0 Å². The number of amides is 1. The Labute approximate surface area is 235 Å². The van der Waals surface area contributed by atoms with Gasteiger partial charge in [-0.1, -0.05) is 19.9 Å². The van der Waals surface area contributed by atoms with Gasteiger partial charge in [0.05, 0.1) is 18.9 Å². The van der Waals surface area contributed by atoms with Gasteiger partial charge >= 0.3 is 0 Å². The first-order valence-corrected chi connectivity index (χ1v) is 14.1. The number of rotatable bonds is 11. The lowest BCUT2D eigenvalue weighted by Crippen LogP contribution is -2.31. The fourth-order valence-electron chi connectivity index (χ4n) is 3.65. The first kappa shape index (κ1) is 28.6. The van der Waals surface area contributed by atoms with Gasteiger partial charge in [-0.2, -0.15) is 8.42 Å². The number of hydrogen-bond donors (Lipinski definition) is 1. The predicted molar refractivity (Wildman–Crippen MR) is 151 cm³/mol. The van der Waals surface area contributed by atoms with E-state index in [4.69, 9.17) is 9.47 Å². The van der Waals surface area contributed by atoms with Gasteiger partial charge in [0.15, 0.2) is 5.03 Å². The van der Waals surface area contributed by atoms with E-state index in [-0.39, 0.29) is 31.8 Å². The minimum atomic E-state index is -4.26. The van der Waals surface area contributed by atoms with Crippen LogP contribution in [0.4, 0.5) is 4.39 Å². The van der Waals surface area contributed by atoms with Gasteiger partial charge in [0.1, 0.15) is 17.1 Å². The van der Waals surface area contributed by atoms with Gasteiger partial charge in [0.2, 0.25) is 5.88 Å². The summed E-state index contributed by atoms with van der Waals surface area (Å²) in [5.41, 5.74) is 2.03. The van der Waals surface area contributed by atoms with Crippen molar-refractivity contribution >= 4 is 15.9 Å². The third-order valence-corrected chi connectivity index (χ3v) is 6.83. The van der Waals surface area contributed by atoms with Gasteiger partial charge in [0, 0.05) is 39.0 Å². The number of carbonyl (C=O) groups is 1. The van der Waals surface area contributed by atoms with Crippen molar-refractivity contribution in [1.82, 2.24) is 19.7 Å². The highest BCUT2D eigenvalue weighted by molar-refractivity contribution is 7.90. The molecule has 1 N–H and O–H groups in total. The lowest BCUT2D eigenvalue weighted by molar-refractivity contribution is 0.0976. The molecule has 0 aliphatic carbocycles. The van der Waals surface area contributed by atoms with Gasteiger partial charge in [-0.05, 0) is 66.9 Å². The summed E-state index contributed by atoms with van der Waals surface area (Å²) in [5.74, 6) is -0.984. The van der Waals surface area contributed by atoms with Crippen LogP contribution in [-0.2, 0) is 16.4 Å². The molecule has 3 heterocycles. The smallest absolute Gasteiger partial charge is 0.281 e. The van der Waals surface area contributed by atoms with Crippen LogP contribution < -0.4 is 14.2 Å². The zero-order valence-electron chi connectivity index (χ0n) is 22.3. The molecular formula is C29H33FN4O5S. The van der Waals surface area contributed by atoms with Crippen molar-refractivity contribution in [3.8, 4) is 22.9 Å². The quantitative estimate of drug-likeness (QED) is 0.260. The van der Waals surface area contributed by atoms with Crippen LogP contribution in [0.25, 0.3) is 11.3 Å². The Kier molecular flexibility index (Phi) is 9.05. The summed E-state index contributed by atoms with van der Waals surface area (Å²) in [6.45, 7) is 6.15. The lowest BCUT2D eigenvalue weighted by Gasteiger charge is -2.14. The SMILES string of the molecule is Cc1cccc(S(=O)(=O)NC(=O)c2ccc(-c3cc(F)cc(OCC(C)C)c3)nc2OCCc2ccncc2)n1.[HH].[HH]. The minimum Gasteiger partial charge on any atom is -0.493 e. The third kappa shape index (κ3) is 7.60. The van der Waals surface area contributed by atoms with E-state index >= 15 is 0 Å². The number of pyridine rings is 3. The molecule has 0 unspecified atom stereocenters. The van der Waals surface area contributed by atoms with Gasteiger partial charge in [-0.15, -0.1) is 0 Å². The molecule has 4 rings (SSSR count). The number of carbonyl (C=O) groups excluding carboxylic acids is 1. The molecule has 9 nitrogen and oxygen atoms in total. The molecule has 0 fully saturated rings. The van der Waals surface area contributed by atoms with Crippen LogP contribution in [0.1, 0.15) is 38.3 Å². The Morgan fingerprint density at radius 3 is 2.52 bits per heavy atom. The van der Waals surface area contributed by atoms with Crippen molar-refractivity contribution < 1.29 is 29.9 Å². The predicted octanol–water partition coefficient (Wildman–Crippen LogP) is 5.25. The van der Waals surface area contributed by atoms with Crippen molar-refractivity contribution in [2.24, 2.45) is 5.92 Å². The Hall–Kier alpha value is -4.38. The van der Waals surface area contributed by atoms with Gasteiger partial charge in [-0.3, -0.25) is 9.78 Å². The Bertz CT molecular complexity index is 1610. The maximum absolute atomic E-state index is 14.4. The number of ether oxygens (including phenoxy) is 2. The standard InChI is InChI=1S/C29H29FN4O5S.2H2/c1-19(2)18-39-24-16-22(15-23(30)17-24)26-8-7-25(29(33-26)38-14-11-21-9-12-31-13-10-21)28(35)34-40(36,37)27-6-4-5-20(3)32-27;;/h4-10,12-13,15-17,19H,11,14,18H2,1-3H3,(H,34,35);2*1H. The van der Waals surface area contributed by atoms with Crippen LogP contribution in [0, 0.1) is 18.7 Å². The normalized spacial score (nSPS) is 11.3. The van der Waals surface area contributed by atoms with Crippen LogP contribution in [0.5, 0.6) is 11.6 Å². The summed E-state index contributed by atoms with van der Waals surface area (Å²) in [6.07, 6.45) is 3.79. The number of benzene rings is 1. The molecule has 1 aromatic carbocycles. The second-order valence-corrected chi connectivity index (χ2v) is 11.1. The number of nitrogens with one attached hydrogen (secondary N) is 1. The van der Waals surface area contributed by atoms with Crippen molar-refractivity contribution in [2.75, 3.05) is 13.2 Å². The van der Waals surface area contributed by atoms with E-state index in [1.807, 2.05) is 30.7 Å². The zero-order chi connectivity index (χ0) is 28.7. The van der Waals surface area contributed by atoms with Crippen LogP contribution in [-0.4, -0.2) is 42.5 Å². The number of halogens is 1. The van der Waals surface area contributed by atoms with Gasteiger partial charge in [-0.25, -0.2) is 19.1 Å². The maximum Gasteiger partial charge on any atom is 0.281 e. The number of aromatic nitrogens is 3. The number of aryl methyl sites for hydroxylation is 1. The molecule has 212 valence electrons. The van der Waals surface area contributed by atoms with Crippen molar-refractivity contribution in [3.05, 3.63) is 95.7 Å². The molecule has 0 aliphatic rings. The topological polar surface area (TPSA) is 120 Å². The van der Waals surface area contributed by atoms with Gasteiger partial charge in [0.25, 0.3) is 15.9 Å². The Balaban J connectivity index is 0.00000308. The molecule has 0 saturated carbocycles. The van der Waals surface area contributed by atoms with E-state index in [1.54, 1.807) is 31.5 Å². The molecule has 0 atom stereocenters. The second-order valence-electron chi connectivity index (χ2n) is 9.44. The summed E-state index contributed by atoms with van der Waals surface area (Å²) >= 11 is 0. The van der Waals surface area contributed by atoms with E-state index in [2.05, 4.69) is 15.0 Å². The van der Waals surface area contributed by atoms with E-state index in [0.29, 0.717) is 35.7 Å². The molecule has 1 amide bonds. The minimum absolute atomic E-state index is 0. The fraction of sp³-hybridized carbons (Fsp3) is 0.241. The highest BCUT2D eigenvalue weighted by Gasteiger charge is 2.24. The fourth-order valence-corrected chi connectivity index (χ4v) is 4.63. The lowest BCUT2D eigenvalue weighted by atomic mass is 10.1. The summed E-state index contributed by atoms with van der Waals surface area (Å²) < 4.78 is 53.7. The number of sulfonamides is 1. The van der Waals surface area contributed by atoms with Crippen molar-refractivity contribution in [2.45, 2.75) is 32.2 Å². The average Bonchev–Trinajstić information content (AvgIpc) is 2.92. The molecule has 0 bridgehead atoms. The second kappa shape index (κ2) is 12.6. The van der Waals surface area contributed by atoms with Crippen molar-refractivity contribution in [1.29, 1.82) is 0 Å². The summed E-state index contributed by atoms with van der Waals surface area (Å²) in [7, 11) is -4.26. The average molecular weight is 569 g/mol. The molecule has 40 heavy (non-hydrogen) atoms.